The van der Waals surface area contributed by atoms with E-state index in [1.807, 2.05) is 0 Å². The third kappa shape index (κ3) is 6.18. The number of ether oxygens (including phenoxy) is 1. The fraction of sp³-hybridized carbons (Fsp3) is 0.500. The molecule has 0 amide bonds. The Morgan fingerprint density at radius 3 is 2.12 bits per heavy atom. The van der Waals surface area contributed by atoms with Gasteiger partial charge in [0.1, 0.15) is 0 Å². The van der Waals surface area contributed by atoms with Crippen LogP contribution in [-0.2, 0) is 0 Å². The van der Waals surface area contributed by atoms with Gasteiger partial charge in [0.15, 0.2) is 23.2 Å². The first-order chi connectivity index (χ1) is 16.0. The Morgan fingerprint density at radius 2 is 1.45 bits per heavy atom. The maximum atomic E-state index is 15.0. The second kappa shape index (κ2) is 12.2. The molecule has 0 bridgehead atoms. The smallest absolute Gasteiger partial charge is 0.201 e. The van der Waals surface area contributed by atoms with Crippen LogP contribution in [0.25, 0.3) is 11.1 Å². The van der Waals surface area contributed by atoms with Gasteiger partial charge in [-0.25, -0.2) is 13.2 Å². The molecule has 0 saturated heterocycles. The minimum atomic E-state index is -1.25. The molecule has 1 aliphatic carbocycles. The highest BCUT2D eigenvalue weighted by atomic mass is 19.2. The van der Waals surface area contributed by atoms with Crippen LogP contribution in [0.2, 0.25) is 0 Å². The molecule has 0 aromatic heterocycles. The molecule has 33 heavy (non-hydrogen) atoms. The molecular weight excluding hydrogens is 428 g/mol. The summed E-state index contributed by atoms with van der Waals surface area (Å²) in [5.41, 5.74) is -0.268. The highest BCUT2D eigenvalue weighted by Crippen LogP contribution is 2.40. The van der Waals surface area contributed by atoms with Crippen molar-refractivity contribution in [1.29, 1.82) is 0 Å². The molecule has 5 heteroatoms. The van der Waals surface area contributed by atoms with Crippen LogP contribution in [0.15, 0.2) is 36.6 Å². The van der Waals surface area contributed by atoms with Crippen LogP contribution in [0.1, 0.15) is 89.5 Å². The van der Waals surface area contributed by atoms with Crippen LogP contribution in [-0.4, -0.2) is 0 Å². The Balaban J connectivity index is 1.75. The average Bonchev–Trinajstić information content (AvgIpc) is 2.82. The predicted molar refractivity (Wildman–Crippen MR) is 125 cm³/mol. The summed E-state index contributed by atoms with van der Waals surface area (Å²) >= 11 is 0. The van der Waals surface area contributed by atoms with Crippen LogP contribution < -0.4 is 4.74 Å². The number of benzene rings is 2. The van der Waals surface area contributed by atoms with Gasteiger partial charge in [0, 0.05) is 11.1 Å². The topological polar surface area (TPSA) is 9.23 Å². The number of rotatable bonds is 10. The summed E-state index contributed by atoms with van der Waals surface area (Å²) in [6, 6.07) is 5.35. The third-order valence-corrected chi connectivity index (χ3v) is 6.70. The molecule has 180 valence electrons. The van der Waals surface area contributed by atoms with Crippen LogP contribution in [0.3, 0.4) is 0 Å². The molecule has 0 atom stereocenters. The van der Waals surface area contributed by atoms with Gasteiger partial charge in [-0.3, -0.25) is 0 Å². The molecule has 3 rings (SSSR count). The van der Waals surface area contributed by atoms with E-state index in [4.69, 9.17) is 4.74 Å². The van der Waals surface area contributed by atoms with Crippen molar-refractivity contribution in [2.45, 2.75) is 84.0 Å². The fourth-order valence-corrected chi connectivity index (χ4v) is 4.79. The van der Waals surface area contributed by atoms with Gasteiger partial charge in [-0.05, 0) is 74.1 Å². The summed E-state index contributed by atoms with van der Waals surface area (Å²) in [6.45, 7) is 4.26. The average molecular weight is 463 g/mol. The zero-order valence-corrected chi connectivity index (χ0v) is 19.6. The van der Waals surface area contributed by atoms with Crippen molar-refractivity contribution in [1.82, 2.24) is 0 Å². The summed E-state index contributed by atoms with van der Waals surface area (Å²) in [6.07, 6.45) is 13.0. The minimum Gasteiger partial charge on any atom is -0.462 e. The van der Waals surface area contributed by atoms with Crippen molar-refractivity contribution >= 4 is 0 Å². The fourth-order valence-electron chi connectivity index (χ4n) is 4.79. The van der Waals surface area contributed by atoms with Crippen LogP contribution in [0, 0.1) is 29.2 Å². The van der Waals surface area contributed by atoms with Crippen molar-refractivity contribution in [3.63, 3.8) is 0 Å². The van der Waals surface area contributed by atoms with E-state index in [1.54, 1.807) is 6.08 Å². The Bertz CT molecular complexity index is 945. The van der Waals surface area contributed by atoms with Gasteiger partial charge >= 0.3 is 0 Å². The van der Waals surface area contributed by atoms with E-state index < -0.39 is 23.3 Å². The molecule has 0 heterocycles. The molecular formula is C28H34F4O. The number of hydrogen-bond acceptors (Lipinski definition) is 1. The lowest BCUT2D eigenvalue weighted by atomic mass is 9.77. The highest BCUT2D eigenvalue weighted by Gasteiger charge is 2.27. The number of unbranched alkanes of at least 4 members (excludes halogenated alkanes) is 3. The molecule has 0 aliphatic heterocycles. The summed E-state index contributed by atoms with van der Waals surface area (Å²) in [5, 5.41) is 0. The van der Waals surface area contributed by atoms with E-state index in [9.17, 15) is 17.6 Å². The number of hydrogen-bond donors (Lipinski definition) is 0. The molecule has 1 saturated carbocycles. The van der Waals surface area contributed by atoms with Crippen molar-refractivity contribution < 1.29 is 22.3 Å². The molecule has 1 fully saturated rings. The standard InChI is InChI=1S/C28H34F4O/c1-3-5-6-7-8-18-33-24-17-16-23(27(31)28(24)32)22-15-14-21(25(29)26(22)30)20-12-10-19(9-4-2)11-13-20/h8,14-20H,3-7,9-13H2,1-2H3/b18-8+. The van der Waals surface area contributed by atoms with Crippen molar-refractivity contribution in [3.8, 4) is 16.9 Å². The van der Waals surface area contributed by atoms with Gasteiger partial charge in [0.25, 0.3) is 0 Å². The largest absolute Gasteiger partial charge is 0.462 e. The second-order valence-corrected chi connectivity index (χ2v) is 9.06. The van der Waals surface area contributed by atoms with Crippen molar-refractivity contribution in [2.24, 2.45) is 5.92 Å². The summed E-state index contributed by atoms with van der Waals surface area (Å²) in [7, 11) is 0. The molecule has 0 unspecified atom stereocenters. The Labute approximate surface area is 194 Å². The normalized spacial score (nSPS) is 18.7. The summed E-state index contributed by atoms with van der Waals surface area (Å²) in [5.74, 6) is -4.23. The van der Waals surface area contributed by atoms with Crippen molar-refractivity contribution in [3.05, 3.63) is 65.4 Å². The van der Waals surface area contributed by atoms with Gasteiger partial charge < -0.3 is 4.74 Å². The molecule has 1 aliphatic rings. The predicted octanol–water partition coefficient (Wildman–Crippen LogP) is 9.46. The molecule has 2 aromatic rings. The van der Waals surface area contributed by atoms with Gasteiger partial charge in [-0.1, -0.05) is 51.7 Å². The minimum absolute atomic E-state index is 0.0388. The Kier molecular flexibility index (Phi) is 9.40. The zero-order chi connectivity index (χ0) is 23.8. The van der Waals surface area contributed by atoms with Gasteiger partial charge in [-0.2, -0.15) is 4.39 Å². The van der Waals surface area contributed by atoms with Crippen molar-refractivity contribution in [2.75, 3.05) is 0 Å². The van der Waals surface area contributed by atoms with Gasteiger partial charge in [0.2, 0.25) is 5.82 Å². The first-order valence-electron chi connectivity index (χ1n) is 12.3. The summed E-state index contributed by atoms with van der Waals surface area (Å²) < 4.78 is 64.4. The van der Waals surface area contributed by atoms with E-state index in [0.717, 1.165) is 57.8 Å². The van der Waals surface area contributed by atoms with Gasteiger partial charge in [-0.15, -0.1) is 0 Å². The van der Waals surface area contributed by atoms with E-state index >= 15 is 0 Å². The lowest BCUT2D eigenvalue weighted by molar-refractivity contribution is 0.303. The summed E-state index contributed by atoms with van der Waals surface area (Å²) in [4.78, 5) is 0. The van der Waals surface area contributed by atoms with Crippen LogP contribution in [0.5, 0.6) is 5.75 Å². The highest BCUT2D eigenvalue weighted by molar-refractivity contribution is 5.66. The lowest BCUT2D eigenvalue weighted by Crippen LogP contribution is -2.15. The van der Waals surface area contributed by atoms with Crippen LogP contribution >= 0.6 is 0 Å². The first kappa shape index (κ1) is 25.3. The quantitative estimate of drug-likeness (QED) is 0.194. The molecule has 0 spiro atoms. The SMILES string of the molecule is CCCCC/C=C/Oc1ccc(-c2ccc(C3CCC(CCC)CC3)c(F)c2F)c(F)c1F. The maximum Gasteiger partial charge on any atom is 0.201 e. The zero-order valence-electron chi connectivity index (χ0n) is 19.6. The van der Waals surface area contributed by atoms with E-state index in [0.29, 0.717) is 11.5 Å². The Hall–Kier alpha value is -2.30. The van der Waals surface area contributed by atoms with E-state index in [-0.39, 0.29) is 22.8 Å². The Morgan fingerprint density at radius 1 is 0.788 bits per heavy atom. The first-order valence-corrected chi connectivity index (χ1v) is 12.3. The molecule has 2 aromatic carbocycles. The van der Waals surface area contributed by atoms with E-state index in [2.05, 4.69) is 13.8 Å². The van der Waals surface area contributed by atoms with Gasteiger partial charge in [0.05, 0.1) is 6.26 Å². The third-order valence-electron chi connectivity index (χ3n) is 6.70. The maximum absolute atomic E-state index is 15.0. The van der Waals surface area contributed by atoms with Crippen LogP contribution in [0.4, 0.5) is 17.6 Å². The molecule has 1 nitrogen and oxygen atoms in total. The number of allylic oxidation sites excluding steroid dienone is 1. The number of halogens is 4. The second-order valence-electron chi connectivity index (χ2n) is 9.06. The lowest BCUT2D eigenvalue weighted by Gasteiger charge is -2.29. The monoisotopic (exact) mass is 462 g/mol. The van der Waals surface area contributed by atoms with E-state index in [1.165, 1.54) is 36.9 Å². The molecule has 0 N–H and O–H groups in total. The molecule has 0 radical (unpaired) electrons.